The van der Waals surface area contributed by atoms with Crippen LogP contribution in [0.25, 0.3) is 0 Å². The van der Waals surface area contributed by atoms with Crippen molar-refractivity contribution in [3.05, 3.63) is 0 Å². The van der Waals surface area contributed by atoms with E-state index in [1.165, 1.54) is 6.42 Å². The lowest BCUT2D eigenvalue weighted by Crippen LogP contribution is -2.07. The van der Waals surface area contributed by atoms with Crippen LogP contribution in [-0.2, 0) is 4.74 Å². The van der Waals surface area contributed by atoms with E-state index in [9.17, 15) is 4.79 Å². The zero-order chi connectivity index (χ0) is 8.48. The molecule has 0 spiro atoms. The van der Waals surface area contributed by atoms with Gasteiger partial charge in [0.15, 0.2) is 0 Å². The number of hydrogen-bond acceptors (Lipinski definition) is 2. The fraction of sp³-hybridized carbons (Fsp3) is 0.875. The van der Waals surface area contributed by atoms with E-state index in [2.05, 4.69) is 18.6 Å². The molecular weight excluding hydrogens is 144 g/mol. The van der Waals surface area contributed by atoms with Crippen LogP contribution >= 0.6 is 0 Å². The zero-order valence-corrected chi connectivity index (χ0v) is 6.96. The van der Waals surface area contributed by atoms with Gasteiger partial charge < -0.3 is 9.84 Å². The molecule has 3 nitrogen and oxygen atoms in total. The molecule has 0 bridgehead atoms. The minimum absolute atomic E-state index is 0.343. The summed E-state index contributed by atoms with van der Waals surface area (Å²) in [5, 5.41) is 8.17. The monoisotopic (exact) mass is 158 g/mol. The van der Waals surface area contributed by atoms with E-state index in [-0.39, 0.29) is 0 Å². The third-order valence-corrected chi connectivity index (χ3v) is 2.70. The highest BCUT2D eigenvalue weighted by Crippen LogP contribution is 2.54. The summed E-state index contributed by atoms with van der Waals surface area (Å²) in [6.45, 7) is 4.69. The molecule has 2 atom stereocenters. The molecule has 1 N–H and O–H groups in total. The first-order valence-corrected chi connectivity index (χ1v) is 3.90. The molecule has 1 aliphatic rings. The van der Waals surface area contributed by atoms with Gasteiger partial charge in [0.05, 0.1) is 6.61 Å². The molecule has 0 saturated heterocycles. The highest BCUT2D eigenvalue weighted by atomic mass is 16.7. The van der Waals surface area contributed by atoms with Crippen LogP contribution in [0.3, 0.4) is 0 Å². The SMILES string of the molecule is CC1CC1(C)CCOC(=O)O. The lowest BCUT2D eigenvalue weighted by atomic mass is 10.0. The van der Waals surface area contributed by atoms with Crippen molar-refractivity contribution in [2.45, 2.75) is 26.7 Å². The number of carboxylic acid groups (broad SMARTS) is 1. The van der Waals surface area contributed by atoms with Crippen molar-refractivity contribution in [1.82, 2.24) is 0 Å². The number of carbonyl (C=O) groups is 1. The fourth-order valence-corrected chi connectivity index (χ4v) is 1.36. The summed E-state index contributed by atoms with van der Waals surface area (Å²) in [7, 11) is 0. The second-order valence-electron chi connectivity index (χ2n) is 3.62. The Morgan fingerprint density at radius 2 is 2.36 bits per heavy atom. The Balaban J connectivity index is 2.09. The number of rotatable bonds is 3. The first-order valence-electron chi connectivity index (χ1n) is 3.90. The predicted molar refractivity (Wildman–Crippen MR) is 40.5 cm³/mol. The molecule has 11 heavy (non-hydrogen) atoms. The molecule has 0 aromatic heterocycles. The second-order valence-corrected chi connectivity index (χ2v) is 3.62. The summed E-state index contributed by atoms with van der Waals surface area (Å²) >= 11 is 0. The van der Waals surface area contributed by atoms with E-state index in [1.807, 2.05) is 0 Å². The number of hydrogen-bond donors (Lipinski definition) is 1. The molecule has 0 aromatic rings. The molecule has 0 aromatic carbocycles. The van der Waals surface area contributed by atoms with Gasteiger partial charge in [-0.25, -0.2) is 4.79 Å². The topological polar surface area (TPSA) is 46.5 Å². The van der Waals surface area contributed by atoms with Gasteiger partial charge in [-0.2, -0.15) is 0 Å². The van der Waals surface area contributed by atoms with Gasteiger partial charge in [0.2, 0.25) is 0 Å². The van der Waals surface area contributed by atoms with Crippen molar-refractivity contribution in [2.24, 2.45) is 11.3 Å². The Morgan fingerprint density at radius 1 is 1.82 bits per heavy atom. The van der Waals surface area contributed by atoms with Gasteiger partial charge in [0, 0.05) is 0 Å². The Labute approximate surface area is 66.4 Å². The lowest BCUT2D eigenvalue weighted by Gasteiger charge is -2.07. The zero-order valence-electron chi connectivity index (χ0n) is 6.96. The molecule has 64 valence electrons. The second kappa shape index (κ2) is 2.72. The molecule has 0 aliphatic heterocycles. The van der Waals surface area contributed by atoms with Crippen LogP contribution in [0, 0.1) is 11.3 Å². The molecular formula is C8H14O3. The highest BCUT2D eigenvalue weighted by molar-refractivity contribution is 5.56. The summed E-state index contributed by atoms with van der Waals surface area (Å²) in [4.78, 5) is 9.96. The third kappa shape index (κ3) is 2.10. The maximum absolute atomic E-state index is 9.96. The maximum atomic E-state index is 9.96. The quantitative estimate of drug-likeness (QED) is 0.640. The van der Waals surface area contributed by atoms with Crippen molar-refractivity contribution >= 4 is 6.16 Å². The van der Waals surface area contributed by atoms with Crippen LogP contribution in [0.4, 0.5) is 4.79 Å². The smallest absolute Gasteiger partial charge is 0.450 e. The largest absolute Gasteiger partial charge is 0.505 e. The molecule has 0 radical (unpaired) electrons. The Kier molecular flexibility index (Phi) is 2.07. The van der Waals surface area contributed by atoms with E-state index in [0.29, 0.717) is 12.0 Å². The summed E-state index contributed by atoms with van der Waals surface area (Å²) in [5.74, 6) is 0.736. The predicted octanol–water partition coefficient (Wildman–Crippen LogP) is 2.12. The van der Waals surface area contributed by atoms with Crippen LogP contribution in [0.1, 0.15) is 26.7 Å². The summed E-state index contributed by atoms with van der Waals surface area (Å²) < 4.78 is 4.42. The molecule has 2 unspecified atom stereocenters. The van der Waals surface area contributed by atoms with Crippen LogP contribution in [0.15, 0.2) is 0 Å². The van der Waals surface area contributed by atoms with Crippen molar-refractivity contribution in [1.29, 1.82) is 0 Å². The van der Waals surface area contributed by atoms with Crippen LogP contribution < -0.4 is 0 Å². The summed E-state index contributed by atoms with van der Waals surface area (Å²) in [6.07, 6.45) is 0.901. The highest BCUT2D eigenvalue weighted by Gasteiger charge is 2.45. The third-order valence-electron chi connectivity index (χ3n) is 2.70. The first kappa shape index (κ1) is 8.37. The first-order chi connectivity index (χ1) is 5.04. The molecule has 1 aliphatic carbocycles. The van der Waals surface area contributed by atoms with Gasteiger partial charge in [0.1, 0.15) is 0 Å². The lowest BCUT2D eigenvalue weighted by molar-refractivity contribution is 0.0851. The molecule has 0 heterocycles. The van der Waals surface area contributed by atoms with Gasteiger partial charge >= 0.3 is 6.16 Å². The molecule has 1 fully saturated rings. The van der Waals surface area contributed by atoms with Crippen molar-refractivity contribution in [2.75, 3.05) is 6.61 Å². The van der Waals surface area contributed by atoms with Gasteiger partial charge in [-0.1, -0.05) is 13.8 Å². The van der Waals surface area contributed by atoms with E-state index < -0.39 is 6.16 Å². The van der Waals surface area contributed by atoms with Crippen molar-refractivity contribution in [3.63, 3.8) is 0 Å². The molecule has 0 amide bonds. The summed E-state index contributed by atoms with van der Waals surface area (Å²) in [5.41, 5.74) is 0.357. The molecule has 1 saturated carbocycles. The van der Waals surface area contributed by atoms with Crippen LogP contribution in [-0.4, -0.2) is 17.9 Å². The Bertz CT molecular complexity index is 167. The van der Waals surface area contributed by atoms with E-state index in [4.69, 9.17) is 5.11 Å². The Morgan fingerprint density at radius 3 is 2.73 bits per heavy atom. The molecule has 3 heteroatoms. The van der Waals surface area contributed by atoms with E-state index in [0.717, 1.165) is 12.3 Å². The van der Waals surface area contributed by atoms with Gasteiger partial charge in [0.25, 0.3) is 0 Å². The maximum Gasteiger partial charge on any atom is 0.505 e. The minimum atomic E-state index is -1.16. The van der Waals surface area contributed by atoms with E-state index in [1.54, 1.807) is 0 Å². The Hall–Kier alpha value is -0.730. The minimum Gasteiger partial charge on any atom is -0.450 e. The van der Waals surface area contributed by atoms with Gasteiger partial charge in [-0.3, -0.25) is 0 Å². The van der Waals surface area contributed by atoms with E-state index >= 15 is 0 Å². The molecule has 1 rings (SSSR count). The fourth-order valence-electron chi connectivity index (χ4n) is 1.36. The van der Waals surface area contributed by atoms with Crippen LogP contribution in [0.5, 0.6) is 0 Å². The van der Waals surface area contributed by atoms with Crippen molar-refractivity contribution < 1.29 is 14.6 Å². The van der Waals surface area contributed by atoms with Crippen LogP contribution in [0.2, 0.25) is 0 Å². The average Bonchev–Trinajstić information content (AvgIpc) is 2.39. The van der Waals surface area contributed by atoms with Gasteiger partial charge in [-0.15, -0.1) is 0 Å². The standard InChI is InChI=1S/C8H14O3/c1-6-5-8(6,2)3-4-11-7(9)10/h6H,3-5H2,1-2H3,(H,9,10). The number of ether oxygens (including phenoxy) is 1. The van der Waals surface area contributed by atoms with Crippen molar-refractivity contribution in [3.8, 4) is 0 Å². The van der Waals surface area contributed by atoms with Gasteiger partial charge in [-0.05, 0) is 24.2 Å². The normalized spacial score (nSPS) is 34.9. The average molecular weight is 158 g/mol. The summed E-state index contributed by atoms with van der Waals surface area (Å²) in [6, 6.07) is 0.